The SMILES string of the molecule is Cc1cc(C)nc(SCc2cc(=O)c(OC(=O)c3cccs3)co2)n1. The number of hydrogen-bond donors (Lipinski definition) is 0. The van der Waals surface area contributed by atoms with Crippen LogP contribution in [0.4, 0.5) is 0 Å². The maximum atomic E-state index is 12.1. The van der Waals surface area contributed by atoms with Gasteiger partial charge in [-0.2, -0.15) is 0 Å². The summed E-state index contributed by atoms with van der Waals surface area (Å²) in [4.78, 5) is 33.0. The molecule has 3 aromatic heterocycles. The zero-order valence-corrected chi connectivity index (χ0v) is 15.1. The Balaban J connectivity index is 1.67. The van der Waals surface area contributed by atoms with Gasteiger partial charge < -0.3 is 9.15 Å². The molecule has 3 aromatic rings. The highest BCUT2D eigenvalue weighted by Crippen LogP contribution is 2.20. The summed E-state index contributed by atoms with van der Waals surface area (Å²) in [5.41, 5.74) is 1.35. The second kappa shape index (κ2) is 7.62. The minimum atomic E-state index is -0.576. The van der Waals surface area contributed by atoms with E-state index in [0.29, 0.717) is 21.5 Å². The van der Waals surface area contributed by atoms with Crippen LogP contribution in [-0.2, 0) is 5.75 Å². The van der Waals surface area contributed by atoms with Crippen molar-refractivity contribution in [2.75, 3.05) is 0 Å². The fourth-order valence-corrected chi connectivity index (χ4v) is 3.47. The molecule has 0 fully saturated rings. The number of carbonyl (C=O) groups excluding carboxylic acids is 1. The van der Waals surface area contributed by atoms with Crippen LogP contribution >= 0.6 is 23.1 Å². The van der Waals surface area contributed by atoms with Crippen molar-refractivity contribution in [3.05, 3.63) is 68.2 Å². The monoisotopic (exact) mass is 374 g/mol. The Bertz CT molecular complexity index is 931. The van der Waals surface area contributed by atoms with E-state index in [0.717, 1.165) is 17.7 Å². The van der Waals surface area contributed by atoms with Gasteiger partial charge in [-0.15, -0.1) is 11.3 Å². The van der Waals surface area contributed by atoms with Crippen LogP contribution in [0.5, 0.6) is 5.75 Å². The van der Waals surface area contributed by atoms with E-state index in [1.807, 2.05) is 19.9 Å². The average molecular weight is 374 g/mol. The Hall–Kier alpha value is -2.45. The summed E-state index contributed by atoms with van der Waals surface area (Å²) < 4.78 is 10.5. The molecule has 3 heterocycles. The van der Waals surface area contributed by atoms with E-state index in [2.05, 4.69) is 9.97 Å². The van der Waals surface area contributed by atoms with Gasteiger partial charge in [-0.25, -0.2) is 14.8 Å². The molecule has 0 unspecified atom stereocenters. The van der Waals surface area contributed by atoms with E-state index in [4.69, 9.17) is 9.15 Å². The zero-order chi connectivity index (χ0) is 17.8. The van der Waals surface area contributed by atoms with Crippen molar-refractivity contribution in [1.82, 2.24) is 9.97 Å². The molecule has 3 rings (SSSR count). The molecule has 0 atom stereocenters. The van der Waals surface area contributed by atoms with Crippen molar-refractivity contribution in [2.45, 2.75) is 24.8 Å². The number of esters is 1. The standard InChI is InChI=1S/C17H14N2O4S2/c1-10-6-11(2)19-17(18-10)25-9-12-7-13(20)14(8-22-12)23-16(21)15-4-3-5-24-15/h3-8H,9H2,1-2H3. The van der Waals surface area contributed by atoms with E-state index in [9.17, 15) is 9.59 Å². The molecule has 0 N–H and O–H groups in total. The number of aromatic nitrogens is 2. The Kier molecular flexibility index (Phi) is 5.30. The van der Waals surface area contributed by atoms with E-state index >= 15 is 0 Å². The lowest BCUT2D eigenvalue weighted by atomic mass is 10.4. The minimum Gasteiger partial charge on any atom is -0.464 e. The quantitative estimate of drug-likeness (QED) is 0.383. The summed E-state index contributed by atoms with van der Waals surface area (Å²) in [6.07, 6.45) is 1.16. The molecular formula is C17H14N2O4S2. The molecule has 128 valence electrons. The van der Waals surface area contributed by atoms with Crippen LogP contribution in [0.3, 0.4) is 0 Å². The Morgan fingerprint density at radius 3 is 2.68 bits per heavy atom. The lowest BCUT2D eigenvalue weighted by molar-refractivity contribution is 0.0734. The lowest BCUT2D eigenvalue weighted by Crippen LogP contribution is -2.13. The van der Waals surface area contributed by atoms with Gasteiger partial charge in [0.2, 0.25) is 11.2 Å². The van der Waals surface area contributed by atoms with Crippen molar-refractivity contribution in [3.63, 3.8) is 0 Å². The van der Waals surface area contributed by atoms with Gasteiger partial charge in [-0.3, -0.25) is 4.79 Å². The highest BCUT2D eigenvalue weighted by atomic mass is 32.2. The molecule has 6 nitrogen and oxygen atoms in total. The first kappa shape index (κ1) is 17.4. The van der Waals surface area contributed by atoms with Crippen LogP contribution in [-0.4, -0.2) is 15.9 Å². The highest BCUT2D eigenvalue weighted by Gasteiger charge is 2.13. The molecular weight excluding hydrogens is 360 g/mol. The molecule has 0 spiro atoms. The van der Waals surface area contributed by atoms with Crippen LogP contribution < -0.4 is 10.2 Å². The molecule has 0 aliphatic heterocycles. The molecule has 25 heavy (non-hydrogen) atoms. The zero-order valence-electron chi connectivity index (χ0n) is 13.5. The maximum absolute atomic E-state index is 12.1. The van der Waals surface area contributed by atoms with Gasteiger partial charge in [0.15, 0.2) is 5.16 Å². The first-order valence-electron chi connectivity index (χ1n) is 7.34. The normalized spacial score (nSPS) is 10.6. The number of rotatable bonds is 5. The van der Waals surface area contributed by atoms with Gasteiger partial charge in [0.25, 0.3) is 0 Å². The van der Waals surface area contributed by atoms with E-state index in [1.54, 1.807) is 17.5 Å². The maximum Gasteiger partial charge on any atom is 0.353 e. The Labute approximate surface area is 151 Å². The molecule has 0 aromatic carbocycles. The Morgan fingerprint density at radius 1 is 1.28 bits per heavy atom. The van der Waals surface area contributed by atoms with Gasteiger partial charge >= 0.3 is 5.97 Å². The number of carbonyl (C=O) groups is 1. The van der Waals surface area contributed by atoms with Crippen LogP contribution in [0.2, 0.25) is 0 Å². The summed E-state index contributed by atoms with van der Waals surface area (Å²) in [6, 6.07) is 6.57. The summed E-state index contributed by atoms with van der Waals surface area (Å²) in [5, 5.41) is 2.38. The third kappa shape index (κ3) is 4.55. The van der Waals surface area contributed by atoms with Gasteiger partial charge in [0.05, 0.1) is 5.75 Å². The van der Waals surface area contributed by atoms with Crippen molar-refractivity contribution in [2.24, 2.45) is 0 Å². The molecule has 0 saturated heterocycles. The molecule has 8 heteroatoms. The van der Waals surface area contributed by atoms with Gasteiger partial charge in [0, 0.05) is 17.5 Å². The number of ether oxygens (including phenoxy) is 1. The fraction of sp³-hybridized carbons (Fsp3) is 0.176. The van der Waals surface area contributed by atoms with Crippen molar-refractivity contribution in [1.29, 1.82) is 0 Å². The first-order valence-corrected chi connectivity index (χ1v) is 9.20. The van der Waals surface area contributed by atoms with Gasteiger partial charge in [-0.1, -0.05) is 17.8 Å². The fourth-order valence-electron chi connectivity index (χ4n) is 2.03. The molecule has 0 aliphatic rings. The number of thioether (sulfide) groups is 1. The molecule has 0 saturated carbocycles. The van der Waals surface area contributed by atoms with Gasteiger partial charge in [0.1, 0.15) is 16.9 Å². The summed E-state index contributed by atoms with van der Waals surface area (Å²) in [7, 11) is 0. The number of thiophene rings is 1. The van der Waals surface area contributed by atoms with E-state index in [-0.39, 0.29) is 5.75 Å². The number of nitrogens with zero attached hydrogens (tertiary/aromatic N) is 2. The predicted molar refractivity (Wildman–Crippen MR) is 95.3 cm³/mol. The van der Waals surface area contributed by atoms with E-state index < -0.39 is 11.4 Å². The minimum absolute atomic E-state index is 0.130. The third-order valence-electron chi connectivity index (χ3n) is 3.08. The van der Waals surface area contributed by atoms with Gasteiger partial charge in [-0.05, 0) is 31.4 Å². The number of hydrogen-bond acceptors (Lipinski definition) is 8. The Morgan fingerprint density at radius 2 is 2.04 bits per heavy atom. The van der Waals surface area contributed by atoms with Crippen molar-refractivity contribution >= 4 is 29.1 Å². The molecule has 0 radical (unpaired) electrons. The molecule has 0 aliphatic carbocycles. The van der Waals surface area contributed by atoms with Crippen molar-refractivity contribution in [3.8, 4) is 5.75 Å². The summed E-state index contributed by atoms with van der Waals surface area (Å²) >= 11 is 2.61. The summed E-state index contributed by atoms with van der Waals surface area (Å²) in [5.74, 6) is 0.147. The average Bonchev–Trinajstić information content (AvgIpc) is 3.09. The third-order valence-corrected chi connectivity index (χ3v) is 4.80. The molecule has 0 bridgehead atoms. The van der Waals surface area contributed by atoms with Crippen LogP contribution in [0.25, 0.3) is 0 Å². The van der Waals surface area contributed by atoms with E-state index in [1.165, 1.54) is 29.2 Å². The van der Waals surface area contributed by atoms with Crippen molar-refractivity contribution < 1.29 is 13.9 Å². The first-order chi connectivity index (χ1) is 12.0. The predicted octanol–water partition coefficient (Wildman–Crippen LogP) is 3.62. The highest BCUT2D eigenvalue weighted by molar-refractivity contribution is 7.98. The summed E-state index contributed by atoms with van der Waals surface area (Å²) in [6.45, 7) is 3.80. The second-order valence-corrected chi connectivity index (χ2v) is 7.05. The second-order valence-electron chi connectivity index (χ2n) is 5.16. The van der Waals surface area contributed by atoms with Crippen LogP contribution in [0, 0.1) is 13.8 Å². The van der Waals surface area contributed by atoms with Crippen LogP contribution in [0.15, 0.2) is 50.3 Å². The lowest BCUT2D eigenvalue weighted by Gasteiger charge is -2.04. The largest absolute Gasteiger partial charge is 0.464 e. The molecule has 0 amide bonds. The topological polar surface area (TPSA) is 82.3 Å². The smallest absolute Gasteiger partial charge is 0.353 e. The van der Waals surface area contributed by atoms with Crippen LogP contribution in [0.1, 0.15) is 26.8 Å². The number of aryl methyl sites for hydroxylation is 2.